The van der Waals surface area contributed by atoms with Gasteiger partial charge in [-0.25, -0.2) is 0 Å². The van der Waals surface area contributed by atoms with Crippen molar-refractivity contribution < 1.29 is 13.2 Å². The molecule has 0 N–H and O–H groups in total. The van der Waals surface area contributed by atoms with Gasteiger partial charge in [0.05, 0.1) is 0 Å². The van der Waals surface area contributed by atoms with Gasteiger partial charge in [-0.1, -0.05) is 40.5 Å². The second-order valence-electron chi connectivity index (χ2n) is 3.04. The maximum absolute atomic E-state index is 11.5. The quantitative estimate of drug-likeness (QED) is 0.596. The summed E-state index contributed by atoms with van der Waals surface area (Å²) < 4.78 is 34.5. The van der Waals surface area contributed by atoms with Crippen LogP contribution in [0.5, 0.6) is 0 Å². The Hall–Kier alpha value is -0.210. The summed E-state index contributed by atoms with van der Waals surface area (Å²) in [5.74, 6) is -0.231. The molecular weight excluding hydrogens is 165 g/mol. The molecule has 0 aromatic heterocycles. The van der Waals surface area contributed by atoms with E-state index in [4.69, 9.17) is 0 Å². The van der Waals surface area contributed by atoms with Crippen molar-refractivity contribution in [1.82, 2.24) is 0 Å². The highest BCUT2D eigenvalue weighted by atomic mass is 19.4. The van der Waals surface area contributed by atoms with E-state index in [9.17, 15) is 13.2 Å². The van der Waals surface area contributed by atoms with Crippen molar-refractivity contribution in [3.63, 3.8) is 0 Å². The second-order valence-corrected chi connectivity index (χ2v) is 3.04. The summed E-state index contributed by atoms with van der Waals surface area (Å²) in [6.45, 7) is 7.61. The lowest BCUT2D eigenvalue weighted by atomic mass is 10.1. The topological polar surface area (TPSA) is 0 Å². The average Bonchev–Trinajstić information content (AvgIpc) is 1.86. The van der Waals surface area contributed by atoms with Crippen molar-refractivity contribution >= 4 is 0 Å². The zero-order chi connectivity index (χ0) is 10.2. The van der Waals surface area contributed by atoms with Crippen LogP contribution in [0.25, 0.3) is 0 Å². The summed E-state index contributed by atoms with van der Waals surface area (Å²) in [7, 11) is 0. The van der Waals surface area contributed by atoms with Crippen LogP contribution in [-0.4, -0.2) is 6.18 Å². The minimum atomic E-state index is -3.98. The molecule has 0 aliphatic rings. The fourth-order valence-corrected chi connectivity index (χ4v) is 0.539. The highest BCUT2D eigenvalue weighted by molar-refractivity contribution is 4.56. The van der Waals surface area contributed by atoms with E-state index in [0.717, 1.165) is 0 Å². The number of hydrogen-bond donors (Lipinski definition) is 0. The monoisotopic (exact) mass is 184 g/mol. The fraction of sp³-hybridized carbons (Fsp3) is 1.00. The van der Waals surface area contributed by atoms with Gasteiger partial charge in [0.25, 0.3) is 0 Å². The molecule has 0 fully saturated rings. The molecule has 12 heavy (non-hydrogen) atoms. The molecule has 0 aromatic rings. The van der Waals surface area contributed by atoms with Crippen LogP contribution in [0.15, 0.2) is 0 Å². The molecule has 3 heteroatoms. The number of rotatable bonds is 2. The first-order valence-corrected chi connectivity index (χ1v) is 4.44. The van der Waals surface area contributed by atoms with E-state index < -0.39 is 12.6 Å². The Bertz CT molecular complexity index is 86.3. The van der Waals surface area contributed by atoms with Crippen molar-refractivity contribution in [2.45, 2.75) is 53.1 Å². The molecule has 0 rings (SSSR count). The van der Waals surface area contributed by atoms with Gasteiger partial charge in [-0.3, -0.25) is 0 Å². The molecule has 0 amide bonds. The van der Waals surface area contributed by atoms with Gasteiger partial charge in [0.1, 0.15) is 0 Å². The highest BCUT2D eigenvalue weighted by Crippen LogP contribution is 2.25. The predicted octanol–water partition coefficient (Wildman–Crippen LogP) is 4.40. The molecule has 0 saturated carbocycles. The lowest BCUT2D eigenvalue weighted by molar-refractivity contribution is -0.143. The Balaban J connectivity index is 0. The summed E-state index contributed by atoms with van der Waals surface area (Å²) >= 11 is 0. The molecule has 0 aromatic carbocycles. The van der Waals surface area contributed by atoms with Crippen LogP contribution in [0.2, 0.25) is 0 Å². The lowest BCUT2D eigenvalue weighted by Crippen LogP contribution is -2.12. The molecule has 0 heterocycles. The third kappa shape index (κ3) is 16.4. The minimum Gasteiger partial charge on any atom is -0.171 e. The van der Waals surface area contributed by atoms with E-state index >= 15 is 0 Å². The Labute approximate surface area is 73.2 Å². The minimum absolute atomic E-state index is 0.231. The SMILES string of the molecule is CCC.CCC(C)CC(F)(F)F. The summed E-state index contributed by atoms with van der Waals surface area (Å²) in [6, 6.07) is 0. The van der Waals surface area contributed by atoms with Crippen LogP contribution in [0.4, 0.5) is 13.2 Å². The molecule has 1 unspecified atom stereocenters. The molecule has 0 aliphatic heterocycles. The van der Waals surface area contributed by atoms with E-state index in [1.807, 2.05) is 0 Å². The van der Waals surface area contributed by atoms with Crippen LogP contribution in [0, 0.1) is 5.92 Å². The summed E-state index contributed by atoms with van der Waals surface area (Å²) in [5.41, 5.74) is 0. The Morgan fingerprint density at radius 3 is 1.50 bits per heavy atom. The van der Waals surface area contributed by atoms with Crippen LogP contribution in [0.3, 0.4) is 0 Å². The third-order valence-corrected chi connectivity index (χ3v) is 1.28. The summed E-state index contributed by atoms with van der Waals surface area (Å²) in [6.07, 6.45) is -2.78. The van der Waals surface area contributed by atoms with Crippen LogP contribution in [0.1, 0.15) is 47.0 Å². The van der Waals surface area contributed by atoms with Crippen LogP contribution < -0.4 is 0 Å². The van der Waals surface area contributed by atoms with E-state index in [2.05, 4.69) is 13.8 Å². The molecule has 1 atom stereocenters. The van der Waals surface area contributed by atoms with Gasteiger partial charge in [0.2, 0.25) is 0 Å². The zero-order valence-electron chi connectivity index (χ0n) is 8.33. The molecule has 76 valence electrons. The average molecular weight is 184 g/mol. The maximum Gasteiger partial charge on any atom is 0.389 e. The van der Waals surface area contributed by atoms with Gasteiger partial charge in [0, 0.05) is 6.42 Å². The van der Waals surface area contributed by atoms with E-state index in [1.54, 1.807) is 13.8 Å². The van der Waals surface area contributed by atoms with E-state index in [1.165, 1.54) is 6.42 Å². The van der Waals surface area contributed by atoms with Crippen molar-refractivity contribution in [2.24, 2.45) is 5.92 Å². The number of halogens is 3. The third-order valence-electron chi connectivity index (χ3n) is 1.28. The first-order chi connectivity index (χ1) is 5.37. The largest absolute Gasteiger partial charge is 0.389 e. The van der Waals surface area contributed by atoms with Gasteiger partial charge in [-0.2, -0.15) is 13.2 Å². The molecule has 0 spiro atoms. The fourth-order valence-electron chi connectivity index (χ4n) is 0.539. The molecule has 0 aliphatic carbocycles. The Kier molecular flexibility index (Phi) is 8.88. The molecule has 0 nitrogen and oxygen atoms in total. The highest BCUT2D eigenvalue weighted by Gasteiger charge is 2.28. The van der Waals surface area contributed by atoms with Gasteiger partial charge in [0.15, 0.2) is 0 Å². The van der Waals surface area contributed by atoms with Crippen LogP contribution >= 0.6 is 0 Å². The zero-order valence-corrected chi connectivity index (χ0v) is 8.33. The molecule has 0 radical (unpaired) electrons. The van der Waals surface area contributed by atoms with Crippen molar-refractivity contribution in [1.29, 1.82) is 0 Å². The Morgan fingerprint density at radius 1 is 1.08 bits per heavy atom. The van der Waals surface area contributed by atoms with Gasteiger partial charge in [-0.05, 0) is 5.92 Å². The lowest BCUT2D eigenvalue weighted by Gasteiger charge is -2.10. The maximum atomic E-state index is 11.5. The summed E-state index contributed by atoms with van der Waals surface area (Å²) in [4.78, 5) is 0. The number of alkyl halides is 3. The second kappa shape index (κ2) is 7.44. The van der Waals surface area contributed by atoms with Gasteiger partial charge in [-0.15, -0.1) is 0 Å². The number of hydrogen-bond acceptors (Lipinski definition) is 0. The van der Waals surface area contributed by atoms with Crippen molar-refractivity contribution in [2.75, 3.05) is 0 Å². The first kappa shape index (κ1) is 14.3. The Morgan fingerprint density at radius 2 is 1.42 bits per heavy atom. The first-order valence-electron chi connectivity index (χ1n) is 4.44. The molecular formula is C9H19F3. The van der Waals surface area contributed by atoms with E-state index in [0.29, 0.717) is 6.42 Å². The predicted molar refractivity (Wildman–Crippen MR) is 46.1 cm³/mol. The van der Waals surface area contributed by atoms with Gasteiger partial charge < -0.3 is 0 Å². The molecule has 0 saturated heterocycles. The summed E-state index contributed by atoms with van der Waals surface area (Å²) in [5, 5.41) is 0. The van der Waals surface area contributed by atoms with Crippen LogP contribution in [-0.2, 0) is 0 Å². The normalized spacial score (nSPS) is 13.2. The standard InChI is InChI=1S/C6H11F3.C3H8/c1-3-5(2)4-6(7,8)9;1-3-2/h5H,3-4H2,1-2H3;3H2,1-2H3. The van der Waals surface area contributed by atoms with Crippen molar-refractivity contribution in [3.8, 4) is 0 Å². The van der Waals surface area contributed by atoms with E-state index in [-0.39, 0.29) is 5.92 Å². The van der Waals surface area contributed by atoms with Gasteiger partial charge >= 0.3 is 6.18 Å². The molecule has 0 bridgehead atoms. The van der Waals surface area contributed by atoms with Crippen molar-refractivity contribution in [3.05, 3.63) is 0 Å². The smallest absolute Gasteiger partial charge is 0.171 e.